The van der Waals surface area contributed by atoms with Gasteiger partial charge >= 0.3 is 0 Å². The van der Waals surface area contributed by atoms with Crippen molar-refractivity contribution in [3.63, 3.8) is 0 Å². The molecule has 5 rings (SSSR count). The van der Waals surface area contributed by atoms with Crippen molar-refractivity contribution in [1.82, 2.24) is 20.5 Å². The summed E-state index contributed by atoms with van der Waals surface area (Å²) in [7, 11) is 0. The van der Waals surface area contributed by atoms with Crippen molar-refractivity contribution in [1.29, 1.82) is 0 Å². The molecule has 1 atom stereocenters. The maximum absolute atomic E-state index is 12.8. The van der Waals surface area contributed by atoms with Crippen LogP contribution in [0.2, 0.25) is 0 Å². The predicted octanol–water partition coefficient (Wildman–Crippen LogP) is -0.469. The molecule has 3 amide bonds. The van der Waals surface area contributed by atoms with Gasteiger partial charge in [-0.1, -0.05) is 0 Å². The maximum atomic E-state index is 12.8. The number of hydrogen-bond donors (Lipinski definition) is 2. The van der Waals surface area contributed by atoms with Gasteiger partial charge in [-0.2, -0.15) is 0 Å². The summed E-state index contributed by atoms with van der Waals surface area (Å²) in [4.78, 5) is 42.4. The predicted molar refractivity (Wildman–Crippen MR) is 83.0 cm³/mol. The van der Waals surface area contributed by atoms with Crippen molar-refractivity contribution in [3.05, 3.63) is 28.6 Å². The van der Waals surface area contributed by atoms with E-state index in [0.717, 1.165) is 37.2 Å². The Balaban J connectivity index is 1.43. The average Bonchev–Trinajstić information content (AvgIpc) is 3.04. The lowest BCUT2D eigenvalue weighted by Gasteiger charge is -2.39. The lowest BCUT2D eigenvalue weighted by Crippen LogP contribution is -2.54. The Kier molecular flexibility index (Phi) is 2.72. The van der Waals surface area contributed by atoms with Crippen LogP contribution in [0, 0.1) is 5.41 Å². The van der Waals surface area contributed by atoms with Crippen LogP contribution in [0.1, 0.15) is 40.2 Å². The van der Waals surface area contributed by atoms with Crippen LogP contribution in [-0.4, -0.2) is 46.7 Å². The van der Waals surface area contributed by atoms with Crippen molar-refractivity contribution in [3.8, 4) is 0 Å². The SMILES string of the molecule is O=C1CCC(N2Cc3cc4c(nc3C2=O)CC2(CNC2)C4)C(=O)N1. The fourth-order valence-corrected chi connectivity index (χ4v) is 4.43. The van der Waals surface area contributed by atoms with Crippen LogP contribution in [0.15, 0.2) is 6.07 Å². The van der Waals surface area contributed by atoms with E-state index >= 15 is 0 Å². The van der Waals surface area contributed by atoms with Gasteiger partial charge in [-0.3, -0.25) is 19.7 Å². The van der Waals surface area contributed by atoms with Gasteiger partial charge in [0.1, 0.15) is 11.7 Å². The number of rotatable bonds is 1. The fraction of sp³-hybridized carbons (Fsp3) is 0.529. The second-order valence-electron chi connectivity index (χ2n) is 7.46. The second kappa shape index (κ2) is 4.63. The van der Waals surface area contributed by atoms with E-state index in [1.807, 2.05) is 0 Å². The Hall–Kier alpha value is -2.28. The average molecular weight is 326 g/mol. The summed E-state index contributed by atoms with van der Waals surface area (Å²) in [6, 6.07) is 1.54. The number of nitrogens with one attached hydrogen (secondary N) is 2. The van der Waals surface area contributed by atoms with E-state index in [1.54, 1.807) is 4.90 Å². The van der Waals surface area contributed by atoms with Crippen LogP contribution >= 0.6 is 0 Å². The van der Waals surface area contributed by atoms with Crippen LogP contribution in [0.4, 0.5) is 0 Å². The minimum absolute atomic E-state index is 0.185. The molecular weight excluding hydrogens is 308 g/mol. The van der Waals surface area contributed by atoms with Crippen molar-refractivity contribution >= 4 is 17.7 Å². The molecule has 4 heterocycles. The standard InChI is InChI=1S/C17H18N4O3/c22-13-2-1-12(15(23)20-13)21-6-10-3-9-4-17(7-18-8-17)5-11(9)19-14(10)16(21)24/h3,12,18H,1-2,4-8H2,(H,20,22,23). The molecule has 7 heteroatoms. The normalized spacial score (nSPS) is 27.1. The molecule has 1 aromatic rings. The summed E-state index contributed by atoms with van der Waals surface area (Å²) in [5, 5.41) is 5.65. The highest BCUT2D eigenvalue weighted by Gasteiger charge is 2.45. The first-order valence-electron chi connectivity index (χ1n) is 8.42. The van der Waals surface area contributed by atoms with Crippen molar-refractivity contribution in [2.24, 2.45) is 5.41 Å². The highest BCUT2D eigenvalue weighted by molar-refractivity contribution is 6.04. The summed E-state index contributed by atoms with van der Waals surface area (Å²) < 4.78 is 0. The number of nitrogens with zero attached hydrogens (tertiary/aromatic N) is 2. The van der Waals surface area contributed by atoms with Gasteiger partial charge in [-0.25, -0.2) is 4.98 Å². The van der Waals surface area contributed by atoms with Gasteiger partial charge in [-0.15, -0.1) is 0 Å². The van der Waals surface area contributed by atoms with E-state index in [4.69, 9.17) is 0 Å². The lowest BCUT2D eigenvalue weighted by molar-refractivity contribution is -0.136. The molecule has 2 saturated heterocycles. The Morgan fingerprint density at radius 3 is 2.71 bits per heavy atom. The van der Waals surface area contributed by atoms with Gasteiger partial charge in [0.05, 0.1) is 0 Å². The number of hydrogen-bond acceptors (Lipinski definition) is 5. The number of aromatic nitrogens is 1. The number of carbonyl (C=O) groups excluding carboxylic acids is 3. The molecule has 1 spiro atoms. The number of imide groups is 1. The van der Waals surface area contributed by atoms with Crippen molar-refractivity contribution in [2.75, 3.05) is 13.1 Å². The molecule has 2 fully saturated rings. The van der Waals surface area contributed by atoms with Gasteiger partial charge in [0.2, 0.25) is 11.8 Å². The van der Waals surface area contributed by atoms with E-state index in [9.17, 15) is 14.4 Å². The lowest BCUT2D eigenvalue weighted by atomic mass is 9.79. The van der Waals surface area contributed by atoms with E-state index in [0.29, 0.717) is 24.1 Å². The third kappa shape index (κ3) is 1.87. The summed E-state index contributed by atoms with van der Waals surface area (Å²) in [6.07, 6.45) is 2.60. The monoisotopic (exact) mass is 326 g/mol. The molecule has 0 radical (unpaired) electrons. The third-order valence-corrected chi connectivity index (χ3v) is 5.77. The summed E-state index contributed by atoms with van der Waals surface area (Å²) in [6.45, 7) is 2.45. The molecule has 0 bridgehead atoms. The molecule has 124 valence electrons. The molecule has 0 aromatic carbocycles. The maximum Gasteiger partial charge on any atom is 0.273 e. The molecule has 2 N–H and O–H groups in total. The highest BCUT2D eigenvalue weighted by atomic mass is 16.2. The second-order valence-corrected chi connectivity index (χ2v) is 7.46. The first kappa shape index (κ1) is 14.1. The van der Waals surface area contributed by atoms with E-state index in [-0.39, 0.29) is 24.1 Å². The Labute approximate surface area is 138 Å². The zero-order chi connectivity index (χ0) is 16.5. The number of carbonyl (C=O) groups is 3. The quantitative estimate of drug-likeness (QED) is 0.681. The molecule has 0 saturated carbocycles. The Bertz CT molecular complexity index is 799. The molecule has 1 aromatic heterocycles. The fourth-order valence-electron chi connectivity index (χ4n) is 4.43. The zero-order valence-corrected chi connectivity index (χ0v) is 13.2. The van der Waals surface area contributed by atoms with Crippen LogP contribution in [0.25, 0.3) is 0 Å². The van der Waals surface area contributed by atoms with Crippen LogP contribution in [0.3, 0.4) is 0 Å². The van der Waals surface area contributed by atoms with Gasteiger partial charge in [0, 0.05) is 42.7 Å². The van der Waals surface area contributed by atoms with Crippen molar-refractivity contribution < 1.29 is 14.4 Å². The molecule has 4 aliphatic rings. The van der Waals surface area contributed by atoms with Gasteiger partial charge < -0.3 is 10.2 Å². The number of piperidine rings is 1. The summed E-state index contributed by atoms with van der Waals surface area (Å²) >= 11 is 0. The first-order valence-corrected chi connectivity index (χ1v) is 8.42. The Morgan fingerprint density at radius 1 is 1.17 bits per heavy atom. The highest BCUT2D eigenvalue weighted by Crippen LogP contribution is 2.41. The molecule has 7 nitrogen and oxygen atoms in total. The van der Waals surface area contributed by atoms with Gasteiger partial charge in [0.25, 0.3) is 5.91 Å². The van der Waals surface area contributed by atoms with Crippen LogP contribution in [-0.2, 0) is 29.0 Å². The summed E-state index contributed by atoms with van der Waals surface area (Å²) in [5.74, 6) is -0.827. The first-order chi connectivity index (χ1) is 11.5. The number of amides is 3. The molecule has 24 heavy (non-hydrogen) atoms. The van der Waals surface area contributed by atoms with E-state index in [1.165, 1.54) is 5.56 Å². The van der Waals surface area contributed by atoms with Gasteiger partial charge in [-0.05, 0) is 30.9 Å². The summed E-state index contributed by atoms with van der Waals surface area (Å²) in [5.41, 5.74) is 3.98. The minimum atomic E-state index is -0.568. The minimum Gasteiger partial charge on any atom is -0.321 e. The van der Waals surface area contributed by atoms with Gasteiger partial charge in [0.15, 0.2) is 0 Å². The Morgan fingerprint density at radius 2 is 2.00 bits per heavy atom. The van der Waals surface area contributed by atoms with E-state index < -0.39 is 6.04 Å². The molecule has 1 aliphatic carbocycles. The number of pyridine rings is 1. The van der Waals surface area contributed by atoms with E-state index in [2.05, 4.69) is 21.7 Å². The zero-order valence-electron chi connectivity index (χ0n) is 13.2. The largest absolute Gasteiger partial charge is 0.321 e. The number of fused-ring (bicyclic) bond motifs is 2. The smallest absolute Gasteiger partial charge is 0.273 e. The topological polar surface area (TPSA) is 91.4 Å². The third-order valence-electron chi connectivity index (χ3n) is 5.77. The van der Waals surface area contributed by atoms with Crippen LogP contribution < -0.4 is 10.6 Å². The van der Waals surface area contributed by atoms with Crippen molar-refractivity contribution in [2.45, 2.75) is 38.3 Å². The molecule has 3 aliphatic heterocycles. The molecule has 1 unspecified atom stereocenters. The van der Waals surface area contributed by atoms with Crippen LogP contribution in [0.5, 0.6) is 0 Å². The molecular formula is C17H18N4O3.